The van der Waals surface area contributed by atoms with Gasteiger partial charge in [0.05, 0.1) is 0 Å². The minimum atomic E-state index is -0.156. The van der Waals surface area contributed by atoms with Crippen molar-refractivity contribution in [3.8, 4) is 29.4 Å². The summed E-state index contributed by atoms with van der Waals surface area (Å²) in [6, 6.07) is 7.40. The molecule has 36 heavy (non-hydrogen) atoms. The lowest BCUT2D eigenvalue weighted by Gasteiger charge is -2.05. The molecule has 0 aromatic heterocycles. The van der Waals surface area contributed by atoms with E-state index >= 15 is 0 Å². The molecule has 3 nitrogen and oxygen atoms in total. The Morgan fingerprint density at radius 3 is 1.69 bits per heavy atom. The van der Waals surface area contributed by atoms with Crippen molar-refractivity contribution in [2.24, 2.45) is 4.99 Å². The molecule has 0 saturated heterocycles. The zero-order valence-electron chi connectivity index (χ0n) is 23.1. The smallest absolute Gasteiger partial charge is 0.311 e. The second-order valence-corrected chi connectivity index (χ2v) is 9.59. The Morgan fingerprint density at radius 2 is 1.19 bits per heavy atom. The lowest BCUT2D eigenvalue weighted by molar-refractivity contribution is -0.134. The molecule has 0 aliphatic rings. The third kappa shape index (κ3) is 19.8. The summed E-state index contributed by atoms with van der Waals surface area (Å²) in [7, 11) is 1.73. The summed E-state index contributed by atoms with van der Waals surface area (Å²) in [5.74, 6) is 12.8. The highest BCUT2D eigenvalue weighted by atomic mass is 16.5. The van der Waals surface area contributed by atoms with Crippen LogP contribution in [0.4, 0.5) is 0 Å². The van der Waals surface area contributed by atoms with Gasteiger partial charge in [0.25, 0.3) is 0 Å². The van der Waals surface area contributed by atoms with Gasteiger partial charge in [-0.2, -0.15) is 0 Å². The van der Waals surface area contributed by atoms with Crippen molar-refractivity contribution >= 4 is 12.2 Å². The lowest BCUT2D eigenvalue weighted by atomic mass is 10.1. The minimum Gasteiger partial charge on any atom is -0.427 e. The molecule has 0 atom stereocenters. The summed E-state index contributed by atoms with van der Waals surface area (Å²) in [5, 5.41) is 0. The van der Waals surface area contributed by atoms with E-state index in [1.807, 2.05) is 24.3 Å². The van der Waals surface area contributed by atoms with Gasteiger partial charge in [0.15, 0.2) is 0 Å². The van der Waals surface area contributed by atoms with Crippen LogP contribution in [0, 0.1) is 23.7 Å². The third-order valence-electron chi connectivity index (χ3n) is 6.22. The fourth-order valence-corrected chi connectivity index (χ4v) is 4.06. The van der Waals surface area contributed by atoms with E-state index in [1.54, 1.807) is 13.3 Å². The monoisotopic (exact) mass is 491 g/mol. The summed E-state index contributed by atoms with van der Waals surface area (Å²) < 4.78 is 5.38. The van der Waals surface area contributed by atoms with Gasteiger partial charge >= 0.3 is 5.97 Å². The molecule has 0 amide bonds. The normalized spacial score (nSPS) is 10.5. The van der Waals surface area contributed by atoms with Crippen molar-refractivity contribution in [3.05, 3.63) is 29.8 Å². The molecule has 0 radical (unpaired) electrons. The second-order valence-electron chi connectivity index (χ2n) is 9.59. The van der Waals surface area contributed by atoms with Crippen LogP contribution in [0.15, 0.2) is 29.3 Å². The number of hydrogen-bond donors (Lipinski definition) is 0. The summed E-state index contributed by atoms with van der Waals surface area (Å²) in [6.45, 7) is 2.27. The molecule has 1 aromatic rings. The first kappa shape index (κ1) is 31.5. The molecule has 0 fully saturated rings. The molecular weight excluding hydrogens is 442 g/mol. The maximum Gasteiger partial charge on any atom is 0.311 e. The number of rotatable bonds is 20. The number of unbranched alkanes of at least 4 members (excludes halogenated alkanes) is 16. The molecule has 0 heterocycles. The number of carbonyl (C=O) groups is 1. The Morgan fingerprint density at radius 1 is 0.722 bits per heavy atom. The molecular formula is C33H49NO2. The van der Waals surface area contributed by atoms with Crippen LogP contribution in [0.1, 0.15) is 134 Å². The van der Waals surface area contributed by atoms with E-state index in [1.165, 1.54) is 77.0 Å². The van der Waals surface area contributed by atoms with Gasteiger partial charge in [-0.3, -0.25) is 9.79 Å². The van der Waals surface area contributed by atoms with Crippen LogP contribution in [-0.4, -0.2) is 19.2 Å². The number of ether oxygens (including phenoxy) is 1. The molecule has 0 spiro atoms. The summed E-state index contributed by atoms with van der Waals surface area (Å²) >= 11 is 0. The van der Waals surface area contributed by atoms with Crippen molar-refractivity contribution in [2.45, 2.75) is 129 Å². The van der Waals surface area contributed by atoms with Gasteiger partial charge in [0.1, 0.15) is 5.75 Å². The van der Waals surface area contributed by atoms with E-state index in [0.717, 1.165) is 44.1 Å². The molecule has 0 aliphatic carbocycles. The van der Waals surface area contributed by atoms with Gasteiger partial charge in [-0.25, -0.2) is 0 Å². The number of benzene rings is 1. The van der Waals surface area contributed by atoms with Crippen LogP contribution in [0.3, 0.4) is 0 Å². The SMILES string of the molecule is CCCCCCCCCCCCC#CC#CCCCCCCCCC(=O)Oc1ccc(C=NC)cc1. The Balaban J connectivity index is 1.88. The third-order valence-corrected chi connectivity index (χ3v) is 6.22. The molecule has 1 rings (SSSR count). The highest BCUT2D eigenvalue weighted by molar-refractivity contribution is 5.80. The van der Waals surface area contributed by atoms with E-state index < -0.39 is 0 Å². The van der Waals surface area contributed by atoms with Crippen LogP contribution in [-0.2, 0) is 4.79 Å². The predicted octanol–water partition coefficient (Wildman–Crippen LogP) is 9.08. The Labute approximate surface area is 221 Å². The zero-order chi connectivity index (χ0) is 25.9. The van der Waals surface area contributed by atoms with Crippen molar-refractivity contribution in [3.63, 3.8) is 0 Å². The van der Waals surface area contributed by atoms with Crippen LogP contribution in [0.25, 0.3) is 0 Å². The van der Waals surface area contributed by atoms with E-state index in [2.05, 4.69) is 35.6 Å². The first-order chi connectivity index (χ1) is 17.8. The van der Waals surface area contributed by atoms with Gasteiger partial charge in [0, 0.05) is 32.5 Å². The van der Waals surface area contributed by atoms with Crippen LogP contribution >= 0.6 is 0 Å². The molecule has 0 N–H and O–H groups in total. The summed E-state index contributed by atoms with van der Waals surface area (Å²) in [4.78, 5) is 15.9. The quantitative estimate of drug-likeness (QED) is 0.0600. The summed E-state index contributed by atoms with van der Waals surface area (Å²) in [5.41, 5.74) is 0.996. The van der Waals surface area contributed by atoms with Gasteiger partial charge in [-0.1, -0.05) is 102 Å². The van der Waals surface area contributed by atoms with Crippen molar-refractivity contribution < 1.29 is 9.53 Å². The minimum absolute atomic E-state index is 0.156. The van der Waals surface area contributed by atoms with E-state index in [0.29, 0.717) is 12.2 Å². The van der Waals surface area contributed by atoms with E-state index in [9.17, 15) is 4.79 Å². The molecule has 1 aromatic carbocycles. The molecule has 0 unspecified atom stereocenters. The average Bonchev–Trinajstić information content (AvgIpc) is 2.88. The standard InChI is InChI=1S/C33H49NO2/c1-3-4-5-6-7-8-9-10-11-12-13-14-15-16-17-18-19-20-21-22-23-24-25-33(35)36-32-28-26-31(27-29-32)30-34-2/h26-30H,3-13,18-25H2,1-2H3. The Hall–Kier alpha value is -2.52. The van der Waals surface area contributed by atoms with Crippen LogP contribution in [0.5, 0.6) is 5.75 Å². The highest BCUT2D eigenvalue weighted by Gasteiger charge is 2.04. The van der Waals surface area contributed by atoms with E-state index in [4.69, 9.17) is 4.74 Å². The van der Waals surface area contributed by atoms with Gasteiger partial charge < -0.3 is 4.74 Å². The maximum atomic E-state index is 12.0. The van der Waals surface area contributed by atoms with Crippen LogP contribution < -0.4 is 4.74 Å². The topological polar surface area (TPSA) is 38.7 Å². The molecule has 0 bridgehead atoms. The molecule has 0 aliphatic heterocycles. The Bertz CT molecular complexity index is 817. The van der Waals surface area contributed by atoms with Crippen molar-refractivity contribution in [2.75, 3.05) is 7.05 Å². The maximum absolute atomic E-state index is 12.0. The predicted molar refractivity (Wildman–Crippen MR) is 155 cm³/mol. The average molecular weight is 492 g/mol. The Kier molecular flexibility index (Phi) is 21.2. The highest BCUT2D eigenvalue weighted by Crippen LogP contribution is 2.14. The first-order valence-electron chi connectivity index (χ1n) is 14.4. The van der Waals surface area contributed by atoms with Crippen LogP contribution in [0.2, 0.25) is 0 Å². The summed E-state index contributed by atoms with van der Waals surface area (Å²) in [6.07, 6.45) is 24.4. The molecule has 198 valence electrons. The first-order valence-corrected chi connectivity index (χ1v) is 14.4. The number of nitrogens with zero attached hydrogens (tertiary/aromatic N) is 1. The van der Waals surface area contributed by atoms with Crippen molar-refractivity contribution in [1.82, 2.24) is 0 Å². The number of hydrogen-bond acceptors (Lipinski definition) is 3. The fraction of sp³-hybridized carbons (Fsp3) is 0.636. The second kappa shape index (κ2) is 24.2. The largest absolute Gasteiger partial charge is 0.427 e. The van der Waals surface area contributed by atoms with Crippen molar-refractivity contribution in [1.29, 1.82) is 0 Å². The fourth-order valence-electron chi connectivity index (χ4n) is 4.06. The van der Waals surface area contributed by atoms with E-state index in [-0.39, 0.29) is 5.97 Å². The number of esters is 1. The van der Waals surface area contributed by atoms with Gasteiger partial charge in [-0.05, 0) is 60.9 Å². The lowest BCUT2D eigenvalue weighted by Crippen LogP contribution is -2.07. The van der Waals surface area contributed by atoms with Gasteiger partial charge in [-0.15, -0.1) is 0 Å². The zero-order valence-corrected chi connectivity index (χ0v) is 23.1. The van der Waals surface area contributed by atoms with Gasteiger partial charge in [0.2, 0.25) is 0 Å². The molecule has 3 heteroatoms. The number of aliphatic imine (C=N–C) groups is 1. The number of carbonyl (C=O) groups excluding carboxylic acids is 1. The molecule has 0 saturated carbocycles.